The lowest BCUT2D eigenvalue weighted by Crippen LogP contribution is -2.49. The Bertz CT molecular complexity index is 1840. The van der Waals surface area contributed by atoms with Crippen molar-refractivity contribution in [3.63, 3.8) is 0 Å². The molecule has 5 aromatic rings. The van der Waals surface area contributed by atoms with Gasteiger partial charge in [-0.3, -0.25) is 14.4 Å². The largest absolute Gasteiger partial charge is 0.491 e. The number of para-hydroxylation sites is 2. The van der Waals surface area contributed by atoms with Gasteiger partial charge in [0.25, 0.3) is 0 Å². The van der Waals surface area contributed by atoms with Crippen LogP contribution in [0.1, 0.15) is 47.4 Å². The summed E-state index contributed by atoms with van der Waals surface area (Å²) in [5, 5.41) is 0. The first-order chi connectivity index (χ1) is 23.1. The Morgan fingerprint density at radius 3 is 1.38 bits per heavy atom. The van der Waals surface area contributed by atoms with E-state index in [9.17, 15) is 0 Å². The van der Waals surface area contributed by atoms with Crippen molar-refractivity contribution in [2.75, 3.05) is 11.5 Å². The van der Waals surface area contributed by atoms with E-state index in [-0.39, 0.29) is 17.6 Å². The lowest BCUT2D eigenvalue weighted by Gasteiger charge is -2.46. The summed E-state index contributed by atoms with van der Waals surface area (Å²) >= 11 is 0. The number of fused-ring (bicyclic) bond motifs is 5. The number of ether oxygens (including phenoxy) is 1. The zero-order chi connectivity index (χ0) is 32.2. The van der Waals surface area contributed by atoms with E-state index in [0.29, 0.717) is 18.0 Å². The van der Waals surface area contributed by atoms with E-state index in [0.717, 1.165) is 28.7 Å². The van der Waals surface area contributed by atoms with Gasteiger partial charge in [-0.05, 0) is 40.8 Å². The van der Waals surface area contributed by atoms with E-state index in [4.69, 9.17) is 4.74 Å². The van der Waals surface area contributed by atoms with E-state index >= 15 is 14.4 Å². The minimum absolute atomic E-state index is 0.0584. The molecular formula is C42H35NO4. The molecule has 2 saturated carbocycles. The smallest absolute Gasteiger partial charge is 0.239 e. The fourth-order valence-electron chi connectivity index (χ4n) is 9.26. The average Bonchev–Trinajstić information content (AvgIpc) is 3.64. The van der Waals surface area contributed by atoms with Gasteiger partial charge in [-0.1, -0.05) is 140 Å². The molecule has 2 amide bonds. The number of imide groups is 1. The maximum atomic E-state index is 16.0. The molecule has 0 N–H and O–H groups in total. The molecule has 0 unspecified atom stereocenters. The first-order valence-electron chi connectivity index (χ1n) is 16.4. The quantitative estimate of drug-likeness (QED) is 0.168. The number of hydrogen-bond donors (Lipinski definition) is 0. The van der Waals surface area contributed by atoms with Crippen LogP contribution in [-0.2, 0) is 25.2 Å². The minimum Gasteiger partial charge on any atom is -0.491 e. The highest BCUT2D eigenvalue weighted by atomic mass is 16.5. The van der Waals surface area contributed by atoms with Gasteiger partial charge in [-0.15, -0.1) is 0 Å². The maximum Gasteiger partial charge on any atom is 0.239 e. The first-order valence-corrected chi connectivity index (χ1v) is 16.4. The normalized spacial score (nSPS) is 27.7. The standard InChI is InChI=1S/C42H35NO4/c1-2-27-47-33-26-16-15-25-32(33)43-38(44)36-37(39(43)45)42(31-23-13-6-14-24-31)35(29-19-9-4-10-20-29)34(28-17-7-3-8-18-28)41(36,40(42)46)30-21-11-5-12-22-30/h3-26,34-37H,2,27H2,1H3/t34-,35-,36-,37+,41-,42-/m0/s1. The number of hydrogen-bond acceptors (Lipinski definition) is 4. The predicted octanol–water partition coefficient (Wildman–Crippen LogP) is 7.62. The number of amides is 2. The van der Waals surface area contributed by atoms with Crippen LogP contribution in [0.25, 0.3) is 0 Å². The van der Waals surface area contributed by atoms with Gasteiger partial charge >= 0.3 is 0 Å². The highest BCUT2D eigenvalue weighted by Gasteiger charge is 2.86. The molecule has 2 aliphatic carbocycles. The van der Waals surface area contributed by atoms with Crippen LogP contribution < -0.4 is 9.64 Å². The van der Waals surface area contributed by atoms with Crippen LogP contribution in [0.3, 0.4) is 0 Å². The Balaban J connectivity index is 1.49. The number of carbonyl (C=O) groups is 3. The molecule has 5 nitrogen and oxygen atoms in total. The van der Waals surface area contributed by atoms with Crippen LogP contribution in [0.5, 0.6) is 5.75 Å². The lowest BCUT2D eigenvalue weighted by molar-refractivity contribution is -0.131. The van der Waals surface area contributed by atoms with Crippen LogP contribution in [-0.4, -0.2) is 24.2 Å². The Hall–Kier alpha value is -5.29. The van der Waals surface area contributed by atoms with Crippen LogP contribution in [0.4, 0.5) is 5.69 Å². The second kappa shape index (κ2) is 11.2. The van der Waals surface area contributed by atoms with Gasteiger partial charge in [-0.2, -0.15) is 0 Å². The molecule has 5 aromatic carbocycles. The number of benzene rings is 5. The summed E-state index contributed by atoms with van der Waals surface area (Å²) in [6.45, 7) is 2.47. The first kappa shape index (κ1) is 29.1. The summed E-state index contributed by atoms with van der Waals surface area (Å²) in [5.74, 6) is -2.97. The molecule has 3 aliphatic rings. The van der Waals surface area contributed by atoms with Crippen molar-refractivity contribution in [2.24, 2.45) is 11.8 Å². The van der Waals surface area contributed by atoms with Crippen LogP contribution in [0, 0.1) is 11.8 Å². The monoisotopic (exact) mass is 617 g/mol. The van der Waals surface area contributed by atoms with E-state index in [1.807, 2.05) is 116 Å². The van der Waals surface area contributed by atoms with E-state index < -0.39 is 34.5 Å². The molecule has 0 aromatic heterocycles. The minimum atomic E-state index is -1.32. The fourth-order valence-corrected chi connectivity index (χ4v) is 9.26. The van der Waals surface area contributed by atoms with Crippen molar-refractivity contribution < 1.29 is 19.1 Å². The molecule has 1 saturated heterocycles. The number of nitrogens with zero attached hydrogens (tertiary/aromatic N) is 1. The van der Waals surface area contributed by atoms with Gasteiger partial charge in [0, 0.05) is 11.8 Å². The number of rotatable bonds is 8. The Morgan fingerprint density at radius 2 is 0.936 bits per heavy atom. The molecule has 47 heavy (non-hydrogen) atoms. The number of carbonyl (C=O) groups excluding carboxylic acids is 3. The summed E-state index contributed by atoms with van der Waals surface area (Å²) in [6, 6.07) is 46.9. The molecule has 5 heteroatoms. The number of ketones is 1. The van der Waals surface area contributed by atoms with Gasteiger partial charge in [0.15, 0.2) is 5.78 Å². The topological polar surface area (TPSA) is 63.7 Å². The van der Waals surface area contributed by atoms with Crippen molar-refractivity contribution in [3.8, 4) is 5.75 Å². The van der Waals surface area contributed by atoms with Gasteiger partial charge in [-0.25, -0.2) is 4.90 Å². The number of anilines is 1. The van der Waals surface area contributed by atoms with Crippen LogP contribution in [0.2, 0.25) is 0 Å². The summed E-state index contributed by atoms with van der Waals surface area (Å²) < 4.78 is 6.10. The lowest BCUT2D eigenvalue weighted by atomic mass is 9.52. The van der Waals surface area contributed by atoms with Gasteiger partial charge < -0.3 is 4.74 Å². The van der Waals surface area contributed by atoms with Crippen molar-refractivity contribution in [3.05, 3.63) is 168 Å². The molecule has 0 spiro atoms. The molecule has 6 atom stereocenters. The predicted molar refractivity (Wildman–Crippen MR) is 181 cm³/mol. The molecule has 3 fully saturated rings. The molecular weight excluding hydrogens is 582 g/mol. The van der Waals surface area contributed by atoms with Crippen LogP contribution >= 0.6 is 0 Å². The summed E-state index contributed by atoms with van der Waals surface area (Å²) in [6.07, 6.45) is 0.779. The molecule has 0 radical (unpaired) electrons. The summed E-state index contributed by atoms with van der Waals surface area (Å²) in [7, 11) is 0. The summed E-state index contributed by atoms with van der Waals surface area (Å²) in [5.41, 5.74) is 1.28. The molecule has 2 bridgehead atoms. The van der Waals surface area contributed by atoms with Crippen molar-refractivity contribution >= 4 is 23.3 Å². The van der Waals surface area contributed by atoms with Crippen molar-refractivity contribution in [1.82, 2.24) is 0 Å². The highest BCUT2D eigenvalue weighted by Crippen LogP contribution is 2.77. The zero-order valence-electron chi connectivity index (χ0n) is 26.2. The Kier molecular flexibility index (Phi) is 6.94. The third kappa shape index (κ3) is 3.86. The van der Waals surface area contributed by atoms with Crippen molar-refractivity contribution in [2.45, 2.75) is 36.0 Å². The van der Waals surface area contributed by atoms with E-state index in [1.165, 1.54) is 4.90 Å². The maximum absolute atomic E-state index is 16.0. The third-order valence-corrected chi connectivity index (χ3v) is 10.7. The second-order valence-electron chi connectivity index (χ2n) is 12.9. The number of Topliss-reactive ketones (excluding diaryl/α,β-unsaturated/α-hetero) is 1. The average molecular weight is 618 g/mol. The Labute approximate surface area is 274 Å². The second-order valence-corrected chi connectivity index (χ2v) is 12.9. The van der Waals surface area contributed by atoms with E-state index in [2.05, 4.69) is 24.3 Å². The van der Waals surface area contributed by atoms with Crippen molar-refractivity contribution in [1.29, 1.82) is 0 Å². The fraction of sp³-hybridized carbons (Fsp3) is 0.214. The summed E-state index contributed by atoms with van der Waals surface area (Å²) in [4.78, 5) is 47.8. The molecule has 8 rings (SSSR count). The third-order valence-electron chi connectivity index (χ3n) is 10.7. The molecule has 232 valence electrons. The van der Waals surface area contributed by atoms with Gasteiger partial charge in [0.05, 0.1) is 35.0 Å². The molecule has 1 heterocycles. The molecule has 1 aliphatic heterocycles. The van der Waals surface area contributed by atoms with Gasteiger partial charge in [0.1, 0.15) is 5.75 Å². The van der Waals surface area contributed by atoms with Gasteiger partial charge in [0.2, 0.25) is 11.8 Å². The SMILES string of the molecule is CCCOc1ccccc1N1C(=O)[C@@H]2[C@H](C1=O)[C@@]1(c3ccccc3)C(=O)[C@@]2(c2ccccc2)[C@@H](c2ccccc2)[C@@H]1c1ccccc1. The van der Waals surface area contributed by atoms with E-state index in [1.54, 1.807) is 12.1 Å². The zero-order valence-corrected chi connectivity index (χ0v) is 26.2. The highest BCUT2D eigenvalue weighted by molar-refractivity contribution is 6.30. The van der Waals surface area contributed by atoms with Crippen LogP contribution in [0.15, 0.2) is 146 Å². The Morgan fingerprint density at radius 1 is 0.532 bits per heavy atom.